The molecule has 31 heavy (non-hydrogen) atoms. The Kier molecular flexibility index (Phi) is 7.37. The molecule has 0 amide bonds. The first kappa shape index (κ1) is 23.7. The SMILES string of the molecule is CC1(C)C2CC(NS(=O)(=O)/C=C/c3ccc(F)cc3)C(C/C=C\CCCC(=O)O)C1C2. The highest BCUT2D eigenvalue weighted by atomic mass is 32.2. The fourth-order valence-corrected chi connectivity index (χ4v) is 6.25. The predicted octanol–water partition coefficient (Wildman–Crippen LogP) is 4.97. The fourth-order valence-electron chi connectivity index (χ4n) is 5.14. The molecule has 0 spiro atoms. The molecule has 2 N–H and O–H groups in total. The molecule has 0 radical (unpaired) electrons. The Hall–Kier alpha value is -1.99. The molecule has 3 saturated carbocycles. The van der Waals surface area contributed by atoms with Crippen LogP contribution in [0.5, 0.6) is 0 Å². The topological polar surface area (TPSA) is 83.5 Å². The molecule has 5 nitrogen and oxygen atoms in total. The summed E-state index contributed by atoms with van der Waals surface area (Å²) >= 11 is 0. The van der Waals surface area contributed by atoms with Crippen molar-refractivity contribution in [1.29, 1.82) is 0 Å². The summed E-state index contributed by atoms with van der Waals surface area (Å²) in [5.41, 5.74) is 0.841. The number of carbonyl (C=O) groups is 1. The normalized spacial score (nSPS) is 27.5. The van der Waals surface area contributed by atoms with Crippen molar-refractivity contribution >= 4 is 22.1 Å². The summed E-state index contributed by atoms with van der Waals surface area (Å²) in [5, 5.41) is 9.89. The molecule has 1 aromatic rings. The number of hydrogen-bond acceptors (Lipinski definition) is 3. The van der Waals surface area contributed by atoms with Gasteiger partial charge >= 0.3 is 5.97 Å². The van der Waals surface area contributed by atoms with Crippen molar-refractivity contribution in [3.05, 3.63) is 53.2 Å². The van der Waals surface area contributed by atoms with Gasteiger partial charge in [-0.05, 0) is 79.0 Å². The number of benzene rings is 1. The highest BCUT2D eigenvalue weighted by molar-refractivity contribution is 7.92. The molecule has 7 heteroatoms. The highest BCUT2D eigenvalue weighted by Crippen LogP contribution is 2.62. The van der Waals surface area contributed by atoms with Crippen LogP contribution in [-0.2, 0) is 14.8 Å². The third kappa shape index (κ3) is 6.04. The smallest absolute Gasteiger partial charge is 0.303 e. The van der Waals surface area contributed by atoms with E-state index in [4.69, 9.17) is 5.11 Å². The van der Waals surface area contributed by atoms with Crippen molar-refractivity contribution in [2.45, 2.75) is 58.4 Å². The summed E-state index contributed by atoms with van der Waals surface area (Å²) in [4.78, 5) is 10.6. The maximum Gasteiger partial charge on any atom is 0.303 e. The van der Waals surface area contributed by atoms with Gasteiger partial charge in [-0.1, -0.05) is 38.1 Å². The second-order valence-electron chi connectivity index (χ2n) is 9.38. The Morgan fingerprint density at radius 3 is 2.58 bits per heavy atom. The van der Waals surface area contributed by atoms with Crippen LogP contribution in [0.1, 0.15) is 57.9 Å². The second-order valence-corrected chi connectivity index (χ2v) is 11.0. The van der Waals surface area contributed by atoms with Crippen molar-refractivity contribution < 1.29 is 22.7 Å². The minimum absolute atomic E-state index is 0.122. The van der Waals surface area contributed by atoms with E-state index in [9.17, 15) is 17.6 Å². The summed E-state index contributed by atoms with van der Waals surface area (Å²) in [6.45, 7) is 4.54. The molecule has 170 valence electrons. The van der Waals surface area contributed by atoms with Crippen LogP contribution in [0.2, 0.25) is 0 Å². The van der Waals surface area contributed by atoms with Crippen LogP contribution in [0.4, 0.5) is 4.39 Å². The summed E-state index contributed by atoms with van der Waals surface area (Å²) < 4.78 is 41.3. The number of carboxylic acids is 1. The summed E-state index contributed by atoms with van der Waals surface area (Å²) in [6.07, 6.45) is 9.80. The zero-order valence-electron chi connectivity index (χ0n) is 18.1. The highest BCUT2D eigenvalue weighted by Gasteiger charge is 2.57. The molecule has 0 heterocycles. The van der Waals surface area contributed by atoms with Gasteiger partial charge in [0.1, 0.15) is 5.82 Å². The molecule has 4 unspecified atom stereocenters. The maximum absolute atomic E-state index is 13.0. The number of halogens is 1. The number of rotatable bonds is 10. The lowest BCUT2D eigenvalue weighted by molar-refractivity contribution is -0.137. The van der Waals surface area contributed by atoms with E-state index in [0.29, 0.717) is 30.2 Å². The molecule has 2 bridgehead atoms. The minimum atomic E-state index is -3.62. The molecular weight excluding hydrogens is 417 g/mol. The number of fused-ring (bicyclic) bond motifs is 2. The van der Waals surface area contributed by atoms with Gasteiger partial charge in [-0.15, -0.1) is 0 Å². The Morgan fingerprint density at radius 1 is 1.23 bits per heavy atom. The van der Waals surface area contributed by atoms with Gasteiger partial charge in [0.2, 0.25) is 10.0 Å². The molecule has 0 saturated heterocycles. The summed E-state index contributed by atoms with van der Waals surface area (Å²) in [5.74, 6) is 0.0441. The van der Waals surface area contributed by atoms with Crippen LogP contribution in [-0.4, -0.2) is 25.5 Å². The van der Waals surface area contributed by atoms with Gasteiger partial charge in [-0.2, -0.15) is 0 Å². The number of unbranched alkanes of at least 4 members (excludes halogenated alkanes) is 1. The van der Waals surface area contributed by atoms with E-state index >= 15 is 0 Å². The van der Waals surface area contributed by atoms with Gasteiger partial charge in [0, 0.05) is 17.9 Å². The van der Waals surface area contributed by atoms with E-state index in [-0.39, 0.29) is 29.6 Å². The van der Waals surface area contributed by atoms with E-state index in [1.54, 1.807) is 0 Å². The van der Waals surface area contributed by atoms with E-state index in [1.165, 1.54) is 30.3 Å². The zero-order chi connectivity index (χ0) is 22.6. The maximum atomic E-state index is 13.0. The fraction of sp³-hybridized carbons (Fsp3) is 0.542. The molecule has 0 aliphatic heterocycles. The van der Waals surface area contributed by atoms with Crippen LogP contribution in [0, 0.1) is 29.0 Å². The van der Waals surface area contributed by atoms with E-state index in [1.807, 2.05) is 6.08 Å². The minimum Gasteiger partial charge on any atom is -0.481 e. The number of allylic oxidation sites excluding steroid dienone is 2. The zero-order valence-corrected chi connectivity index (χ0v) is 18.9. The number of aliphatic carboxylic acids is 1. The first-order valence-electron chi connectivity index (χ1n) is 10.9. The lowest BCUT2D eigenvalue weighted by Gasteiger charge is -2.62. The summed E-state index contributed by atoms with van der Waals surface area (Å²) in [7, 11) is -3.62. The van der Waals surface area contributed by atoms with Crippen molar-refractivity contribution in [1.82, 2.24) is 4.72 Å². The first-order valence-corrected chi connectivity index (χ1v) is 12.5. The van der Waals surface area contributed by atoms with Crippen LogP contribution >= 0.6 is 0 Å². The van der Waals surface area contributed by atoms with Gasteiger partial charge in [-0.3, -0.25) is 4.79 Å². The Morgan fingerprint density at radius 2 is 1.94 bits per heavy atom. The van der Waals surface area contributed by atoms with Crippen molar-refractivity contribution in [3.63, 3.8) is 0 Å². The monoisotopic (exact) mass is 449 g/mol. The van der Waals surface area contributed by atoms with Crippen LogP contribution in [0.15, 0.2) is 41.8 Å². The first-order chi connectivity index (χ1) is 14.6. The average Bonchev–Trinajstić information content (AvgIpc) is 2.70. The average molecular weight is 450 g/mol. The van der Waals surface area contributed by atoms with Crippen LogP contribution in [0.3, 0.4) is 0 Å². The molecule has 1 aromatic carbocycles. The summed E-state index contributed by atoms with van der Waals surface area (Å²) in [6, 6.07) is 5.56. The molecule has 4 atom stereocenters. The quantitative estimate of drug-likeness (QED) is 0.390. The second kappa shape index (κ2) is 9.65. The largest absolute Gasteiger partial charge is 0.481 e. The van der Waals surface area contributed by atoms with Crippen molar-refractivity contribution in [2.75, 3.05) is 0 Å². The van der Waals surface area contributed by atoms with Crippen LogP contribution in [0.25, 0.3) is 6.08 Å². The van der Waals surface area contributed by atoms with Gasteiger partial charge in [0.25, 0.3) is 0 Å². The number of sulfonamides is 1. The molecular formula is C24H32FNO4S. The van der Waals surface area contributed by atoms with Gasteiger partial charge in [0.15, 0.2) is 0 Å². The number of carboxylic acid groups (broad SMARTS) is 1. The third-order valence-electron chi connectivity index (χ3n) is 7.08. The molecule has 4 rings (SSSR count). The molecule has 0 aromatic heterocycles. The van der Waals surface area contributed by atoms with E-state index < -0.39 is 16.0 Å². The Balaban J connectivity index is 1.64. The van der Waals surface area contributed by atoms with Gasteiger partial charge in [-0.25, -0.2) is 17.5 Å². The standard InChI is InChI=1S/C24H32FNO4S/c1-24(2)18-15-21(24)20(7-5-3-4-6-8-23(27)28)22(16-18)26-31(29,30)14-13-17-9-11-19(25)12-10-17/h3,5,9-14,18,20-22,26H,4,6-8,15-16H2,1-2H3,(H,27,28)/b5-3-,14-13+. The lowest BCUT2D eigenvalue weighted by atomic mass is 9.44. The molecule has 3 fully saturated rings. The Bertz CT molecular complexity index is 937. The lowest BCUT2D eigenvalue weighted by Crippen LogP contribution is -2.61. The predicted molar refractivity (Wildman–Crippen MR) is 120 cm³/mol. The Labute approximate surface area is 184 Å². The van der Waals surface area contributed by atoms with Gasteiger partial charge < -0.3 is 5.11 Å². The number of nitrogens with one attached hydrogen (secondary N) is 1. The number of hydrogen-bond donors (Lipinski definition) is 2. The van der Waals surface area contributed by atoms with E-state index in [0.717, 1.165) is 24.7 Å². The van der Waals surface area contributed by atoms with Crippen LogP contribution < -0.4 is 4.72 Å². The van der Waals surface area contributed by atoms with E-state index in [2.05, 4.69) is 24.6 Å². The van der Waals surface area contributed by atoms with Gasteiger partial charge in [0.05, 0.1) is 0 Å². The van der Waals surface area contributed by atoms with Crippen molar-refractivity contribution in [2.24, 2.45) is 23.2 Å². The molecule has 3 aliphatic rings. The molecule has 3 aliphatic carbocycles. The third-order valence-corrected chi connectivity index (χ3v) is 8.21. The van der Waals surface area contributed by atoms with Crippen molar-refractivity contribution in [3.8, 4) is 0 Å².